The SMILES string of the molecule is CCCc1cc(NS(=O)(=O)c2ccc(C)cc2)n[nH]1. The summed E-state index contributed by atoms with van der Waals surface area (Å²) in [6.45, 7) is 3.96. The van der Waals surface area contributed by atoms with Gasteiger partial charge in [0.15, 0.2) is 5.82 Å². The fraction of sp³-hybridized carbons (Fsp3) is 0.308. The molecular formula is C13H17N3O2S. The van der Waals surface area contributed by atoms with E-state index in [9.17, 15) is 8.42 Å². The Morgan fingerprint density at radius 3 is 2.58 bits per heavy atom. The molecule has 0 unspecified atom stereocenters. The molecule has 0 amide bonds. The molecule has 0 saturated heterocycles. The number of H-pyrrole nitrogens is 1. The van der Waals surface area contributed by atoms with E-state index in [0.29, 0.717) is 5.82 Å². The summed E-state index contributed by atoms with van der Waals surface area (Å²) in [5, 5.41) is 6.76. The molecular weight excluding hydrogens is 262 g/mol. The number of aromatic amines is 1. The van der Waals surface area contributed by atoms with Crippen molar-refractivity contribution in [2.75, 3.05) is 4.72 Å². The first kappa shape index (κ1) is 13.6. The first-order valence-corrected chi connectivity index (χ1v) is 7.63. The number of aromatic nitrogens is 2. The predicted octanol–water partition coefficient (Wildman–Crippen LogP) is 2.47. The second-order valence-corrected chi connectivity index (χ2v) is 6.13. The van der Waals surface area contributed by atoms with Crippen molar-refractivity contribution in [2.24, 2.45) is 0 Å². The smallest absolute Gasteiger partial charge is 0.263 e. The highest BCUT2D eigenvalue weighted by Gasteiger charge is 2.15. The van der Waals surface area contributed by atoms with Gasteiger partial charge >= 0.3 is 0 Å². The monoisotopic (exact) mass is 279 g/mol. The molecule has 102 valence electrons. The van der Waals surface area contributed by atoms with Gasteiger partial charge in [0.1, 0.15) is 0 Å². The van der Waals surface area contributed by atoms with Crippen molar-refractivity contribution in [2.45, 2.75) is 31.6 Å². The molecule has 0 spiro atoms. The second kappa shape index (κ2) is 5.44. The molecule has 0 aliphatic carbocycles. The van der Waals surface area contributed by atoms with Crippen molar-refractivity contribution < 1.29 is 8.42 Å². The summed E-state index contributed by atoms with van der Waals surface area (Å²) in [5.74, 6) is 0.323. The zero-order chi connectivity index (χ0) is 13.9. The van der Waals surface area contributed by atoms with Gasteiger partial charge in [-0.25, -0.2) is 8.42 Å². The minimum atomic E-state index is -3.56. The van der Waals surface area contributed by atoms with Crippen LogP contribution in [-0.4, -0.2) is 18.6 Å². The first-order chi connectivity index (χ1) is 9.01. The van der Waals surface area contributed by atoms with Crippen molar-refractivity contribution >= 4 is 15.8 Å². The van der Waals surface area contributed by atoms with E-state index in [-0.39, 0.29) is 4.90 Å². The maximum absolute atomic E-state index is 12.1. The van der Waals surface area contributed by atoms with Crippen LogP contribution in [0.1, 0.15) is 24.6 Å². The van der Waals surface area contributed by atoms with Crippen LogP contribution in [0.3, 0.4) is 0 Å². The maximum Gasteiger partial charge on any atom is 0.263 e. The highest BCUT2D eigenvalue weighted by molar-refractivity contribution is 7.92. The van der Waals surface area contributed by atoms with Gasteiger partial charge in [0.05, 0.1) is 4.90 Å². The molecule has 1 aromatic carbocycles. The Morgan fingerprint density at radius 1 is 1.26 bits per heavy atom. The summed E-state index contributed by atoms with van der Waals surface area (Å²) in [5.41, 5.74) is 1.94. The van der Waals surface area contributed by atoms with Crippen LogP contribution in [0.25, 0.3) is 0 Å². The van der Waals surface area contributed by atoms with Crippen molar-refractivity contribution in [1.29, 1.82) is 0 Å². The van der Waals surface area contributed by atoms with Crippen molar-refractivity contribution in [3.8, 4) is 0 Å². The third-order valence-corrected chi connectivity index (χ3v) is 4.09. The van der Waals surface area contributed by atoms with Crippen LogP contribution in [0, 0.1) is 6.92 Å². The predicted molar refractivity (Wildman–Crippen MR) is 74.6 cm³/mol. The average Bonchev–Trinajstić information content (AvgIpc) is 2.77. The fourth-order valence-corrected chi connectivity index (χ4v) is 2.72. The topological polar surface area (TPSA) is 74.8 Å². The summed E-state index contributed by atoms with van der Waals surface area (Å²) in [7, 11) is -3.56. The van der Waals surface area contributed by atoms with Gasteiger partial charge in [-0.15, -0.1) is 0 Å². The van der Waals surface area contributed by atoms with Crippen LogP contribution < -0.4 is 4.72 Å². The molecule has 0 saturated carbocycles. The largest absolute Gasteiger partial charge is 0.280 e. The van der Waals surface area contributed by atoms with Gasteiger partial charge in [-0.2, -0.15) is 5.10 Å². The van der Waals surface area contributed by atoms with Crippen LogP contribution >= 0.6 is 0 Å². The lowest BCUT2D eigenvalue weighted by Gasteiger charge is -2.05. The number of aryl methyl sites for hydroxylation is 2. The molecule has 0 fully saturated rings. The number of rotatable bonds is 5. The Balaban J connectivity index is 2.18. The number of benzene rings is 1. The lowest BCUT2D eigenvalue weighted by atomic mass is 10.2. The molecule has 1 aromatic heterocycles. The van der Waals surface area contributed by atoms with Crippen LogP contribution in [0.4, 0.5) is 5.82 Å². The Hall–Kier alpha value is -1.82. The molecule has 0 bridgehead atoms. The van der Waals surface area contributed by atoms with E-state index in [0.717, 1.165) is 24.1 Å². The molecule has 0 aliphatic rings. The van der Waals surface area contributed by atoms with Crippen LogP contribution in [0.5, 0.6) is 0 Å². The number of hydrogen-bond acceptors (Lipinski definition) is 3. The van der Waals surface area contributed by atoms with E-state index in [2.05, 4.69) is 21.8 Å². The van der Waals surface area contributed by atoms with Gasteiger partial charge in [0.2, 0.25) is 0 Å². The maximum atomic E-state index is 12.1. The van der Waals surface area contributed by atoms with Gasteiger partial charge in [0, 0.05) is 11.8 Å². The van der Waals surface area contributed by atoms with Gasteiger partial charge in [-0.1, -0.05) is 31.0 Å². The summed E-state index contributed by atoms with van der Waals surface area (Å²) < 4.78 is 26.7. The van der Waals surface area contributed by atoms with Gasteiger partial charge < -0.3 is 0 Å². The van der Waals surface area contributed by atoms with Gasteiger partial charge in [-0.3, -0.25) is 9.82 Å². The molecule has 2 rings (SSSR count). The third kappa shape index (κ3) is 3.35. The van der Waals surface area contributed by atoms with Crippen molar-refractivity contribution in [3.05, 3.63) is 41.6 Å². The Labute approximate surface area is 113 Å². The minimum absolute atomic E-state index is 0.234. The van der Waals surface area contributed by atoms with Gasteiger partial charge in [0.25, 0.3) is 10.0 Å². The molecule has 0 radical (unpaired) electrons. The van der Waals surface area contributed by atoms with E-state index in [1.807, 2.05) is 6.92 Å². The van der Waals surface area contributed by atoms with E-state index in [4.69, 9.17) is 0 Å². The van der Waals surface area contributed by atoms with E-state index < -0.39 is 10.0 Å². The molecule has 0 atom stereocenters. The number of hydrogen-bond donors (Lipinski definition) is 2. The highest BCUT2D eigenvalue weighted by atomic mass is 32.2. The van der Waals surface area contributed by atoms with E-state index in [1.165, 1.54) is 0 Å². The standard InChI is InChI=1S/C13H17N3O2S/c1-3-4-11-9-13(15-14-11)16-19(17,18)12-7-5-10(2)6-8-12/h5-9H,3-4H2,1-2H3,(H2,14,15,16). The highest BCUT2D eigenvalue weighted by Crippen LogP contribution is 2.15. The Kier molecular flexibility index (Phi) is 3.90. The number of sulfonamides is 1. The number of anilines is 1. The lowest BCUT2D eigenvalue weighted by molar-refractivity contribution is 0.601. The van der Waals surface area contributed by atoms with Crippen molar-refractivity contribution in [1.82, 2.24) is 10.2 Å². The Morgan fingerprint density at radius 2 is 1.95 bits per heavy atom. The third-order valence-electron chi connectivity index (χ3n) is 2.72. The zero-order valence-corrected chi connectivity index (χ0v) is 11.8. The minimum Gasteiger partial charge on any atom is -0.280 e. The molecule has 5 nitrogen and oxygen atoms in total. The molecule has 6 heteroatoms. The lowest BCUT2D eigenvalue weighted by Crippen LogP contribution is -2.13. The molecule has 2 N–H and O–H groups in total. The zero-order valence-electron chi connectivity index (χ0n) is 11.0. The number of nitrogens with one attached hydrogen (secondary N) is 2. The van der Waals surface area contributed by atoms with Gasteiger partial charge in [-0.05, 0) is 25.5 Å². The van der Waals surface area contributed by atoms with Crippen LogP contribution in [0.2, 0.25) is 0 Å². The Bertz CT molecular complexity index is 645. The molecule has 2 aromatic rings. The molecule has 1 heterocycles. The quantitative estimate of drug-likeness (QED) is 0.883. The summed E-state index contributed by atoms with van der Waals surface area (Å²) in [6.07, 6.45) is 1.83. The average molecular weight is 279 g/mol. The summed E-state index contributed by atoms with van der Waals surface area (Å²) in [4.78, 5) is 0.234. The number of nitrogens with zero attached hydrogens (tertiary/aromatic N) is 1. The van der Waals surface area contributed by atoms with E-state index in [1.54, 1.807) is 30.3 Å². The van der Waals surface area contributed by atoms with Crippen LogP contribution in [-0.2, 0) is 16.4 Å². The normalized spacial score (nSPS) is 11.5. The summed E-state index contributed by atoms with van der Waals surface area (Å²) in [6, 6.07) is 8.41. The molecule has 0 aliphatic heterocycles. The second-order valence-electron chi connectivity index (χ2n) is 4.45. The van der Waals surface area contributed by atoms with Crippen molar-refractivity contribution in [3.63, 3.8) is 0 Å². The molecule has 19 heavy (non-hydrogen) atoms. The first-order valence-electron chi connectivity index (χ1n) is 6.15. The summed E-state index contributed by atoms with van der Waals surface area (Å²) >= 11 is 0. The van der Waals surface area contributed by atoms with Crippen LogP contribution in [0.15, 0.2) is 35.2 Å². The fourth-order valence-electron chi connectivity index (χ4n) is 1.73. The van der Waals surface area contributed by atoms with E-state index >= 15 is 0 Å².